The molecule has 1 aromatic carbocycles. The molecule has 0 spiro atoms. The predicted molar refractivity (Wildman–Crippen MR) is 72.7 cm³/mol. The minimum atomic E-state index is 0.285. The molecule has 2 atom stereocenters. The molecule has 3 rings (SSSR count). The van der Waals surface area contributed by atoms with Gasteiger partial charge in [0, 0.05) is 31.6 Å². The zero-order valence-electron chi connectivity index (χ0n) is 10.8. The number of hydrogen-bond donors (Lipinski definition) is 0. The third-order valence-corrected chi connectivity index (χ3v) is 4.55. The van der Waals surface area contributed by atoms with Crippen LogP contribution in [0.3, 0.4) is 0 Å². The van der Waals surface area contributed by atoms with Crippen LogP contribution in [0.25, 0.3) is 0 Å². The van der Waals surface area contributed by atoms with E-state index in [0.717, 1.165) is 23.9 Å². The van der Waals surface area contributed by atoms with E-state index in [9.17, 15) is 4.79 Å². The summed E-state index contributed by atoms with van der Waals surface area (Å²) in [5.74, 6) is 2.14. The van der Waals surface area contributed by atoms with Gasteiger partial charge in [-0.2, -0.15) is 0 Å². The van der Waals surface area contributed by atoms with E-state index >= 15 is 0 Å². The van der Waals surface area contributed by atoms with Gasteiger partial charge in [-0.1, -0.05) is 36.8 Å². The number of ketones is 1. The number of hydrogen-bond acceptors (Lipinski definition) is 2. The molecule has 0 N–H and O–H groups in total. The number of nitrogens with zero attached hydrogens (tertiary/aromatic N) is 1. The maximum atomic E-state index is 12.0. The summed E-state index contributed by atoms with van der Waals surface area (Å²) in [4.78, 5) is 14.5. The minimum absolute atomic E-state index is 0.285. The van der Waals surface area contributed by atoms with E-state index in [2.05, 4.69) is 4.90 Å². The van der Waals surface area contributed by atoms with E-state index in [1.165, 1.54) is 32.4 Å². The Bertz CT molecular complexity index is 402. The number of Topliss-reactive ketones (excluding diaryl/α,β-unsaturated/α-hetero) is 1. The zero-order chi connectivity index (χ0) is 12.4. The van der Waals surface area contributed by atoms with Gasteiger partial charge in [-0.25, -0.2) is 0 Å². The Labute approximate surface area is 109 Å². The van der Waals surface area contributed by atoms with Crippen LogP contribution >= 0.6 is 0 Å². The molecule has 1 aliphatic carbocycles. The monoisotopic (exact) mass is 243 g/mol. The van der Waals surface area contributed by atoms with Gasteiger partial charge in [0.05, 0.1) is 0 Å². The lowest BCUT2D eigenvalue weighted by atomic mass is 10.0. The molecule has 1 aliphatic heterocycles. The number of benzene rings is 1. The fourth-order valence-electron chi connectivity index (χ4n) is 3.54. The van der Waals surface area contributed by atoms with Crippen molar-refractivity contribution in [2.24, 2.45) is 11.8 Å². The smallest absolute Gasteiger partial charge is 0.164 e. The quantitative estimate of drug-likeness (QED) is 0.758. The maximum absolute atomic E-state index is 12.0. The highest BCUT2D eigenvalue weighted by molar-refractivity contribution is 5.96. The molecule has 1 heterocycles. The number of rotatable bonds is 4. The second kappa shape index (κ2) is 5.23. The summed E-state index contributed by atoms with van der Waals surface area (Å²) < 4.78 is 0. The average Bonchev–Trinajstić information content (AvgIpc) is 2.97. The lowest BCUT2D eigenvalue weighted by molar-refractivity contribution is 0.0967. The van der Waals surface area contributed by atoms with Gasteiger partial charge in [0.15, 0.2) is 5.78 Å². The molecule has 1 aromatic rings. The molecule has 2 aliphatic rings. The van der Waals surface area contributed by atoms with Gasteiger partial charge in [-0.3, -0.25) is 4.79 Å². The van der Waals surface area contributed by atoms with Crippen molar-refractivity contribution >= 4 is 5.78 Å². The Kier molecular flexibility index (Phi) is 3.46. The number of carbonyl (C=O) groups is 1. The lowest BCUT2D eigenvalue weighted by Crippen LogP contribution is -2.24. The van der Waals surface area contributed by atoms with E-state index in [1.54, 1.807) is 0 Å². The van der Waals surface area contributed by atoms with Crippen LogP contribution < -0.4 is 0 Å². The first kappa shape index (κ1) is 11.9. The number of fused-ring (bicyclic) bond motifs is 1. The van der Waals surface area contributed by atoms with Crippen molar-refractivity contribution in [2.75, 3.05) is 19.6 Å². The van der Waals surface area contributed by atoms with Crippen LogP contribution in [-0.4, -0.2) is 30.3 Å². The highest BCUT2D eigenvalue weighted by atomic mass is 16.1. The van der Waals surface area contributed by atoms with Gasteiger partial charge in [-0.15, -0.1) is 0 Å². The highest BCUT2D eigenvalue weighted by Crippen LogP contribution is 2.37. The van der Waals surface area contributed by atoms with E-state index in [0.29, 0.717) is 6.42 Å². The fourth-order valence-corrected chi connectivity index (χ4v) is 3.54. The van der Waals surface area contributed by atoms with Crippen LogP contribution in [0.5, 0.6) is 0 Å². The Balaban J connectivity index is 1.49. The summed E-state index contributed by atoms with van der Waals surface area (Å²) in [7, 11) is 0. The van der Waals surface area contributed by atoms with Crippen LogP contribution in [-0.2, 0) is 0 Å². The fraction of sp³-hybridized carbons (Fsp3) is 0.562. The summed E-state index contributed by atoms with van der Waals surface area (Å²) >= 11 is 0. The summed E-state index contributed by atoms with van der Waals surface area (Å²) in [5, 5.41) is 0. The standard InChI is InChI=1S/C16H21NO/c18-16(13-5-2-1-3-6-13)9-10-17-11-14-7-4-8-15(14)12-17/h1-3,5-6,14-15H,4,7-12H2. The Morgan fingerprint density at radius 3 is 2.44 bits per heavy atom. The first-order chi connectivity index (χ1) is 8.83. The average molecular weight is 243 g/mol. The van der Waals surface area contributed by atoms with E-state index < -0.39 is 0 Å². The Morgan fingerprint density at radius 2 is 1.78 bits per heavy atom. The molecular formula is C16H21NO. The lowest BCUT2D eigenvalue weighted by Gasteiger charge is -2.15. The second-order valence-corrected chi connectivity index (χ2v) is 5.75. The third-order valence-electron chi connectivity index (χ3n) is 4.55. The summed E-state index contributed by atoms with van der Waals surface area (Å²) in [6, 6.07) is 9.67. The van der Waals surface area contributed by atoms with E-state index in [1.807, 2.05) is 30.3 Å². The molecular weight excluding hydrogens is 222 g/mol. The largest absolute Gasteiger partial charge is 0.302 e. The van der Waals surface area contributed by atoms with E-state index in [4.69, 9.17) is 0 Å². The third kappa shape index (κ3) is 2.49. The Morgan fingerprint density at radius 1 is 1.11 bits per heavy atom. The van der Waals surface area contributed by atoms with Crippen molar-refractivity contribution in [3.05, 3.63) is 35.9 Å². The van der Waals surface area contributed by atoms with Crippen molar-refractivity contribution < 1.29 is 4.79 Å². The molecule has 18 heavy (non-hydrogen) atoms. The van der Waals surface area contributed by atoms with E-state index in [-0.39, 0.29) is 5.78 Å². The molecule has 0 amide bonds. The number of likely N-dealkylation sites (tertiary alicyclic amines) is 1. The first-order valence-electron chi connectivity index (χ1n) is 7.13. The molecule has 2 heteroatoms. The van der Waals surface area contributed by atoms with Crippen molar-refractivity contribution in [3.63, 3.8) is 0 Å². The van der Waals surface area contributed by atoms with Gasteiger partial charge in [0.1, 0.15) is 0 Å². The van der Waals surface area contributed by atoms with Crippen LogP contribution in [0, 0.1) is 11.8 Å². The van der Waals surface area contributed by atoms with Gasteiger partial charge < -0.3 is 4.90 Å². The summed E-state index contributed by atoms with van der Waals surface area (Å²) in [6.07, 6.45) is 4.91. The van der Waals surface area contributed by atoms with Gasteiger partial charge in [0.25, 0.3) is 0 Å². The predicted octanol–water partition coefficient (Wildman–Crippen LogP) is 2.99. The first-order valence-corrected chi connectivity index (χ1v) is 7.13. The molecule has 1 saturated heterocycles. The van der Waals surface area contributed by atoms with Crippen LogP contribution in [0.1, 0.15) is 36.0 Å². The highest BCUT2D eigenvalue weighted by Gasteiger charge is 2.35. The molecule has 2 unspecified atom stereocenters. The van der Waals surface area contributed by atoms with Crippen LogP contribution in [0.2, 0.25) is 0 Å². The van der Waals surface area contributed by atoms with Crippen molar-refractivity contribution in [3.8, 4) is 0 Å². The topological polar surface area (TPSA) is 20.3 Å². The molecule has 1 saturated carbocycles. The summed E-state index contributed by atoms with van der Waals surface area (Å²) in [6.45, 7) is 3.40. The molecule has 0 bridgehead atoms. The Hall–Kier alpha value is -1.15. The van der Waals surface area contributed by atoms with Crippen molar-refractivity contribution in [2.45, 2.75) is 25.7 Å². The number of carbonyl (C=O) groups excluding carboxylic acids is 1. The second-order valence-electron chi connectivity index (χ2n) is 5.75. The molecule has 96 valence electrons. The van der Waals surface area contributed by atoms with Crippen LogP contribution in [0.15, 0.2) is 30.3 Å². The minimum Gasteiger partial charge on any atom is -0.302 e. The molecule has 0 radical (unpaired) electrons. The molecule has 2 nitrogen and oxygen atoms in total. The maximum Gasteiger partial charge on any atom is 0.164 e. The zero-order valence-corrected chi connectivity index (χ0v) is 10.8. The van der Waals surface area contributed by atoms with Crippen molar-refractivity contribution in [1.29, 1.82) is 0 Å². The molecule has 2 fully saturated rings. The van der Waals surface area contributed by atoms with Crippen molar-refractivity contribution in [1.82, 2.24) is 4.90 Å². The normalized spacial score (nSPS) is 27.3. The van der Waals surface area contributed by atoms with Gasteiger partial charge in [0.2, 0.25) is 0 Å². The van der Waals surface area contributed by atoms with Gasteiger partial charge in [-0.05, 0) is 24.7 Å². The van der Waals surface area contributed by atoms with Crippen LogP contribution in [0.4, 0.5) is 0 Å². The molecule has 0 aromatic heterocycles. The van der Waals surface area contributed by atoms with Gasteiger partial charge >= 0.3 is 0 Å². The SMILES string of the molecule is O=C(CCN1CC2CCCC2C1)c1ccccc1. The summed E-state index contributed by atoms with van der Waals surface area (Å²) in [5.41, 5.74) is 0.858.